The second-order valence-corrected chi connectivity index (χ2v) is 7.09. The number of aromatic nitrogens is 1. The highest BCUT2D eigenvalue weighted by atomic mass is 32.2. The summed E-state index contributed by atoms with van der Waals surface area (Å²) in [5.41, 5.74) is 1.64. The first-order valence-electron chi connectivity index (χ1n) is 7.64. The number of thiazole rings is 1. The number of nitrogens with one attached hydrogen (secondary N) is 1. The molecule has 0 fully saturated rings. The minimum absolute atomic E-state index is 0.0458. The van der Waals surface area contributed by atoms with Crippen LogP contribution >= 0.6 is 23.1 Å². The van der Waals surface area contributed by atoms with Crippen LogP contribution in [0.5, 0.6) is 5.75 Å². The number of carbonyl (C=O) groups is 1. The van der Waals surface area contributed by atoms with Gasteiger partial charge in [0.15, 0.2) is 0 Å². The maximum absolute atomic E-state index is 12.1. The molecule has 0 radical (unpaired) electrons. The van der Waals surface area contributed by atoms with Gasteiger partial charge in [0.25, 0.3) is 0 Å². The number of para-hydroxylation sites is 1. The van der Waals surface area contributed by atoms with Gasteiger partial charge in [0, 0.05) is 5.38 Å². The first-order valence-corrected chi connectivity index (χ1v) is 9.92. The van der Waals surface area contributed by atoms with Crippen molar-refractivity contribution in [3.05, 3.63) is 35.3 Å². The van der Waals surface area contributed by atoms with Gasteiger partial charge in [0.1, 0.15) is 10.8 Å². The van der Waals surface area contributed by atoms with Crippen LogP contribution in [-0.2, 0) is 11.2 Å². The fraction of sp³-hybridized carbons (Fsp3) is 0.412. The fourth-order valence-corrected chi connectivity index (χ4v) is 3.62. The Balaban J connectivity index is 1.99. The Labute approximate surface area is 150 Å². The van der Waals surface area contributed by atoms with Crippen molar-refractivity contribution in [2.75, 3.05) is 25.7 Å². The average molecular weight is 367 g/mol. The highest BCUT2D eigenvalue weighted by Gasteiger charge is 2.14. The summed E-state index contributed by atoms with van der Waals surface area (Å²) < 4.78 is 5.35. The Kier molecular flexibility index (Phi) is 7.55. The number of hydrogen-bond donors (Lipinski definition) is 2. The number of amides is 1. The molecule has 1 atom stereocenters. The Bertz CT molecular complexity index is 661. The molecule has 1 amide bonds. The van der Waals surface area contributed by atoms with Crippen molar-refractivity contribution in [3.8, 4) is 16.3 Å². The first kappa shape index (κ1) is 18.8. The molecule has 24 heavy (non-hydrogen) atoms. The largest absolute Gasteiger partial charge is 0.496 e. The minimum Gasteiger partial charge on any atom is -0.496 e. The van der Waals surface area contributed by atoms with Gasteiger partial charge in [-0.3, -0.25) is 4.79 Å². The van der Waals surface area contributed by atoms with Crippen LogP contribution < -0.4 is 10.1 Å². The second kappa shape index (κ2) is 9.66. The molecular formula is C17H22N2O3S2. The lowest BCUT2D eigenvalue weighted by atomic mass is 10.2. The summed E-state index contributed by atoms with van der Waals surface area (Å²) in [6, 6.07) is 7.49. The number of nitrogens with zero attached hydrogens (tertiary/aromatic N) is 1. The maximum Gasteiger partial charge on any atom is 0.226 e. The summed E-state index contributed by atoms with van der Waals surface area (Å²) in [6.45, 7) is -0.0458. The van der Waals surface area contributed by atoms with E-state index in [0.717, 1.165) is 34.2 Å². The second-order valence-electron chi connectivity index (χ2n) is 5.25. The van der Waals surface area contributed by atoms with Crippen molar-refractivity contribution in [2.45, 2.75) is 18.9 Å². The first-order chi connectivity index (χ1) is 11.7. The molecular weight excluding hydrogens is 344 g/mol. The number of aliphatic hydroxyl groups is 1. The van der Waals surface area contributed by atoms with E-state index >= 15 is 0 Å². The molecule has 0 spiro atoms. The summed E-state index contributed by atoms with van der Waals surface area (Å²) >= 11 is 3.18. The van der Waals surface area contributed by atoms with E-state index in [1.54, 1.807) is 18.9 Å². The predicted molar refractivity (Wildman–Crippen MR) is 99.8 cm³/mol. The molecule has 2 N–H and O–H groups in total. The van der Waals surface area contributed by atoms with Gasteiger partial charge >= 0.3 is 0 Å². The van der Waals surface area contributed by atoms with E-state index < -0.39 is 0 Å². The number of carbonyl (C=O) groups excluding carboxylic acids is 1. The molecule has 0 aliphatic heterocycles. The molecule has 130 valence electrons. The number of hydrogen-bond acceptors (Lipinski definition) is 6. The summed E-state index contributed by atoms with van der Waals surface area (Å²) in [4.78, 5) is 16.7. The molecule has 1 aromatic heterocycles. The fourth-order valence-electron chi connectivity index (χ4n) is 2.25. The number of ether oxygens (including phenoxy) is 1. The van der Waals surface area contributed by atoms with Gasteiger partial charge in [-0.15, -0.1) is 11.3 Å². The van der Waals surface area contributed by atoms with Crippen LogP contribution in [0.4, 0.5) is 0 Å². The molecule has 2 rings (SSSR count). The minimum atomic E-state index is -0.197. The molecule has 0 saturated heterocycles. The molecule has 0 unspecified atom stereocenters. The van der Waals surface area contributed by atoms with Gasteiger partial charge in [-0.05, 0) is 30.6 Å². The van der Waals surface area contributed by atoms with Crippen molar-refractivity contribution < 1.29 is 14.6 Å². The van der Waals surface area contributed by atoms with Gasteiger partial charge in [-0.2, -0.15) is 11.8 Å². The third kappa shape index (κ3) is 5.22. The molecule has 1 heterocycles. The zero-order chi connectivity index (χ0) is 17.4. The molecule has 0 saturated carbocycles. The van der Waals surface area contributed by atoms with E-state index in [2.05, 4.69) is 10.3 Å². The standard InChI is InChI=1S/C17H22N2O3S2/c1-22-15-6-4-3-5-14(15)17-19-13(11-24-17)9-16(21)18-12(10-20)7-8-23-2/h3-6,11-12,20H,7-10H2,1-2H3,(H,18,21)/t12-/m1/s1. The monoisotopic (exact) mass is 366 g/mol. The zero-order valence-electron chi connectivity index (χ0n) is 13.8. The Hall–Kier alpha value is -1.57. The summed E-state index contributed by atoms with van der Waals surface area (Å²) in [5.74, 6) is 1.55. The number of rotatable bonds is 9. The topological polar surface area (TPSA) is 71.5 Å². The van der Waals surface area contributed by atoms with E-state index in [1.807, 2.05) is 35.9 Å². The molecule has 2 aromatic rings. The van der Waals surface area contributed by atoms with E-state index in [4.69, 9.17) is 4.74 Å². The third-order valence-corrected chi connectivity index (χ3v) is 5.06. The highest BCUT2D eigenvalue weighted by molar-refractivity contribution is 7.98. The normalized spacial score (nSPS) is 12.0. The smallest absolute Gasteiger partial charge is 0.226 e. The average Bonchev–Trinajstić information content (AvgIpc) is 3.06. The van der Waals surface area contributed by atoms with Gasteiger partial charge in [0.05, 0.1) is 37.4 Å². The van der Waals surface area contributed by atoms with Crippen molar-refractivity contribution in [1.29, 1.82) is 0 Å². The molecule has 7 heteroatoms. The van der Waals surface area contributed by atoms with Crippen LogP contribution in [0.2, 0.25) is 0 Å². The van der Waals surface area contributed by atoms with Crippen molar-refractivity contribution in [1.82, 2.24) is 10.3 Å². The number of benzene rings is 1. The molecule has 5 nitrogen and oxygen atoms in total. The van der Waals surface area contributed by atoms with Crippen molar-refractivity contribution in [3.63, 3.8) is 0 Å². The van der Waals surface area contributed by atoms with E-state index in [0.29, 0.717) is 0 Å². The van der Waals surface area contributed by atoms with Crippen LogP contribution in [0.3, 0.4) is 0 Å². The van der Waals surface area contributed by atoms with Crippen molar-refractivity contribution >= 4 is 29.0 Å². The highest BCUT2D eigenvalue weighted by Crippen LogP contribution is 2.31. The Morgan fingerprint density at radius 2 is 2.25 bits per heavy atom. The molecule has 0 aliphatic rings. The third-order valence-electron chi connectivity index (χ3n) is 3.49. The molecule has 1 aromatic carbocycles. The van der Waals surface area contributed by atoms with E-state index in [-0.39, 0.29) is 25.0 Å². The van der Waals surface area contributed by atoms with Crippen LogP contribution in [0.15, 0.2) is 29.6 Å². The lowest BCUT2D eigenvalue weighted by Crippen LogP contribution is -2.38. The maximum atomic E-state index is 12.1. The van der Waals surface area contributed by atoms with E-state index in [9.17, 15) is 9.90 Å². The summed E-state index contributed by atoms with van der Waals surface area (Å²) in [6.07, 6.45) is 2.97. The van der Waals surface area contributed by atoms with Crippen molar-refractivity contribution in [2.24, 2.45) is 0 Å². The number of aliphatic hydroxyl groups excluding tert-OH is 1. The van der Waals surface area contributed by atoms with E-state index in [1.165, 1.54) is 11.3 Å². The van der Waals surface area contributed by atoms with Crippen LogP contribution in [0.25, 0.3) is 10.6 Å². The van der Waals surface area contributed by atoms with Gasteiger partial charge in [-0.25, -0.2) is 4.98 Å². The van der Waals surface area contributed by atoms with Gasteiger partial charge in [0.2, 0.25) is 5.91 Å². The van der Waals surface area contributed by atoms with Crippen LogP contribution in [-0.4, -0.2) is 47.8 Å². The lowest BCUT2D eigenvalue weighted by Gasteiger charge is -2.15. The SMILES string of the molecule is COc1ccccc1-c1nc(CC(=O)N[C@@H](CO)CCSC)cs1. The number of methoxy groups -OCH3 is 1. The van der Waals surface area contributed by atoms with Gasteiger partial charge < -0.3 is 15.2 Å². The molecule has 0 bridgehead atoms. The van der Waals surface area contributed by atoms with Crippen LogP contribution in [0, 0.1) is 0 Å². The Morgan fingerprint density at radius 3 is 2.96 bits per heavy atom. The van der Waals surface area contributed by atoms with Crippen LogP contribution in [0.1, 0.15) is 12.1 Å². The molecule has 0 aliphatic carbocycles. The Morgan fingerprint density at radius 1 is 1.46 bits per heavy atom. The zero-order valence-corrected chi connectivity index (χ0v) is 15.5. The lowest BCUT2D eigenvalue weighted by molar-refractivity contribution is -0.121. The summed E-state index contributed by atoms with van der Waals surface area (Å²) in [7, 11) is 1.63. The predicted octanol–water partition coefficient (Wildman–Crippen LogP) is 2.59. The van der Waals surface area contributed by atoms with Gasteiger partial charge in [-0.1, -0.05) is 12.1 Å². The number of thioether (sulfide) groups is 1. The quantitative estimate of drug-likeness (QED) is 0.714. The summed E-state index contributed by atoms with van der Waals surface area (Å²) in [5, 5.41) is 14.9.